The fourth-order valence-electron chi connectivity index (χ4n) is 1.78. The van der Waals surface area contributed by atoms with Gasteiger partial charge >= 0.3 is 0 Å². The normalized spacial score (nSPS) is 17.5. The van der Waals surface area contributed by atoms with Crippen molar-refractivity contribution in [3.63, 3.8) is 0 Å². The third-order valence-electron chi connectivity index (χ3n) is 3.00. The lowest BCUT2D eigenvalue weighted by Gasteiger charge is -2.11. The summed E-state index contributed by atoms with van der Waals surface area (Å²) in [5.41, 5.74) is 0.934. The molecule has 0 bridgehead atoms. The fourth-order valence-corrected chi connectivity index (χ4v) is 1.78. The van der Waals surface area contributed by atoms with E-state index in [9.17, 15) is 5.11 Å². The molecule has 0 aromatic heterocycles. The maximum atomic E-state index is 9.74. The predicted octanol–water partition coefficient (Wildman–Crippen LogP) is 2.93. The van der Waals surface area contributed by atoms with Crippen LogP contribution in [0, 0.1) is 0 Å². The van der Waals surface area contributed by atoms with Crippen LogP contribution in [-0.4, -0.2) is 16.8 Å². The SMILES string of the molecule is CC(C)Oc1ccc(CCC2(O)CC2)cc1. The van der Waals surface area contributed by atoms with Crippen LogP contribution >= 0.6 is 0 Å². The molecular formula is C14H20O2. The first-order chi connectivity index (χ1) is 7.57. The van der Waals surface area contributed by atoms with E-state index in [4.69, 9.17) is 4.74 Å². The third kappa shape index (κ3) is 3.24. The second kappa shape index (κ2) is 4.46. The van der Waals surface area contributed by atoms with Gasteiger partial charge in [0.25, 0.3) is 0 Å². The van der Waals surface area contributed by atoms with Crippen molar-refractivity contribution in [2.75, 3.05) is 0 Å². The van der Waals surface area contributed by atoms with Crippen molar-refractivity contribution >= 4 is 0 Å². The first kappa shape index (κ1) is 11.5. The molecule has 0 amide bonds. The monoisotopic (exact) mass is 220 g/mol. The van der Waals surface area contributed by atoms with Crippen molar-refractivity contribution < 1.29 is 9.84 Å². The Morgan fingerprint density at radius 1 is 1.25 bits per heavy atom. The van der Waals surface area contributed by atoms with E-state index in [2.05, 4.69) is 12.1 Å². The highest BCUT2D eigenvalue weighted by Crippen LogP contribution is 2.39. The molecule has 0 saturated heterocycles. The third-order valence-corrected chi connectivity index (χ3v) is 3.00. The van der Waals surface area contributed by atoms with Crippen LogP contribution in [0.3, 0.4) is 0 Å². The van der Waals surface area contributed by atoms with Gasteiger partial charge in [-0.05, 0) is 57.2 Å². The molecule has 16 heavy (non-hydrogen) atoms. The molecule has 0 aliphatic heterocycles. The van der Waals surface area contributed by atoms with Gasteiger partial charge in [0.15, 0.2) is 0 Å². The molecule has 2 rings (SSSR count). The van der Waals surface area contributed by atoms with E-state index in [0.717, 1.165) is 31.4 Å². The van der Waals surface area contributed by atoms with Crippen LogP contribution in [0.15, 0.2) is 24.3 Å². The zero-order chi connectivity index (χ0) is 11.6. The van der Waals surface area contributed by atoms with Crippen LogP contribution < -0.4 is 4.74 Å². The molecule has 2 heteroatoms. The maximum absolute atomic E-state index is 9.74. The lowest BCUT2D eigenvalue weighted by molar-refractivity contribution is 0.140. The molecule has 0 unspecified atom stereocenters. The van der Waals surface area contributed by atoms with Crippen LogP contribution in [0.2, 0.25) is 0 Å². The summed E-state index contributed by atoms with van der Waals surface area (Å²) in [6.45, 7) is 4.05. The summed E-state index contributed by atoms with van der Waals surface area (Å²) < 4.78 is 5.58. The quantitative estimate of drug-likeness (QED) is 0.826. The zero-order valence-electron chi connectivity index (χ0n) is 10.1. The largest absolute Gasteiger partial charge is 0.491 e. The van der Waals surface area contributed by atoms with Gasteiger partial charge in [-0.3, -0.25) is 0 Å². The molecule has 0 heterocycles. The highest BCUT2D eigenvalue weighted by Gasteiger charge is 2.39. The topological polar surface area (TPSA) is 29.5 Å². The smallest absolute Gasteiger partial charge is 0.119 e. The lowest BCUT2D eigenvalue weighted by atomic mass is 10.1. The summed E-state index contributed by atoms with van der Waals surface area (Å²) in [6, 6.07) is 8.19. The lowest BCUT2D eigenvalue weighted by Crippen LogP contribution is -2.08. The van der Waals surface area contributed by atoms with Crippen molar-refractivity contribution in [3.8, 4) is 5.75 Å². The van der Waals surface area contributed by atoms with Crippen molar-refractivity contribution in [3.05, 3.63) is 29.8 Å². The minimum Gasteiger partial charge on any atom is -0.491 e. The molecule has 0 radical (unpaired) electrons. The Morgan fingerprint density at radius 3 is 2.38 bits per heavy atom. The highest BCUT2D eigenvalue weighted by molar-refractivity contribution is 5.27. The van der Waals surface area contributed by atoms with Crippen molar-refractivity contribution in [2.45, 2.75) is 51.2 Å². The molecule has 1 aliphatic carbocycles. The Bertz CT molecular complexity index is 336. The predicted molar refractivity (Wildman–Crippen MR) is 64.7 cm³/mol. The molecule has 1 aromatic rings. The Balaban J connectivity index is 1.86. The number of hydrogen-bond donors (Lipinski definition) is 1. The van der Waals surface area contributed by atoms with E-state index in [1.165, 1.54) is 5.56 Å². The molecule has 2 nitrogen and oxygen atoms in total. The van der Waals surface area contributed by atoms with Gasteiger partial charge < -0.3 is 9.84 Å². The summed E-state index contributed by atoms with van der Waals surface area (Å²) in [5, 5.41) is 9.74. The fraction of sp³-hybridized carbons (Fsp3) is 0.571. The molecule has 1 aromatic carbocycles. The molecule has 1 fully saturated rings. The number of aryl methyl sites for hydroxylation is 1. The molecule has 1 aliphatic rings. The minimum absolute atomic E-state index is 0.220. The van der Waals surface area contributed by atoms with E-state index in [0.29, 0.717) is 0 Å². The maximum Gasteiger partial charge on any atom is 0.119 e. The van der Waals surface area contributed by atoms with Crippen LogP contribution in [0.25, 0.3) is 0 Å². The molecule has 0 spiro atoms. The molecule has 88 valence electrons. The van der Waals surface area contributed by atoms with Crippen LogP contribution in [0.4, 0.5) is 0 Å². The van der Waals surface area contributed by atoms with Gasteiger partial charge in [-0.2, -0.15) is 0 Å². The van der Waals surface area contributed by atoms with Crippen molar-refractivity contribution in [1.29, 1.82) is 0 Å². The average molecular weight is 220 g/mol. The van der Waals surface area contributed by atoms with Gasteiger partial charge in [-0.15, -0.1) is 0 Å². The van der Waals surface area contributed by atoms with Crippen LogP contribution in [0.1, 0.15) is 38.7 Å². The summed E-state index contributed by atoms with van der Waals surface area (Å²) in [5.74, 6) is 0.920. The summed E-state index contributed by atoms with van der Waals surface area (Å²) in [7, 11) is 0. The molecule has 1 N–H and O–H groups in total. The first-order valence-electron chi connectivity index (χ1n) is 6.05. The molecular weight excluding hydrogens is 200 g/mol. The highest BCUT2D eigenvalue weighted by atomic mass is 16.5. The summed E-state index contributed by atoms with van der Waals surface area (Å²) in [6.07, 6.45) is 4.01. The number of aliphatic hydroxyl groups is 1. The number of benzene rings is 1. The van der Waals surface area contributed by atoms with E-state index >= 15 is 0 Å². The van der Waals surface area contributed by atoms with Gasteiger partial charge in [0.2, 0.25) is 0 Å². The Morgan fingerprint density at radius 2 is 1.88 bits per heavy atom. The van der Waals surface area contributed by atoms with E-state index in [-0.39, 0.29) is 11.7 Å². The van der Waals surface area contributed by atoms with Gasteiger partial charge in [-0.25, -0.2) is 0 Å². The Labute approximate surface area is 97.3 Å². The second-order valence-electron chi connectivity index (χ2n) is 5.03. The number of hydrogen-bond acceptors (Lipinski definition) is 2. The Hall–Kier alpha value is -1.02. The van der Waals surface area contributed by atoms with Crippen LogP contribution in [-0.2, 0) is 6.42 Å². The minimum atomic E-state index is -0.340. The van der Waals surface area contributed by atoms with Gasteiger partial charge in [0.05, 0.1) is 11.7 Å². The summed E-state index contributed by atoms with van der Waals surface area (Å²) >= 11 is 0. The van der Waals surface area contributed by atoms with E-state index < -0.39 is 0 Å². The number of ether oxygens (including phenoxy) is 1. The van der Waals surface area contributed by atoms with Crippen molar-refractivity contribution in [2.24, 2.45) is 0 Å². The Kier molecular flexibility index (Phi) is 3.20. The standard InChI is InChI=1S/C14H20O2/c1-11(2)16-13-5-3-12(4-6-13)7-8-14(15)9-10-14/h3-6,11,15H,7-10H2,1-2H3. The van der Waals surface area contributed by atoms with Crippen LogP contribution in [0.5, 0.6) is 5.75 Å². The van der Waals surface area contributed by atoms with Gasteiger partial charge in [0.1, 0.15) is 5.75 Å². The van der Waals surface area contributed by atoms with E-state index in [1.807, 2.05) is 26.0 Å². The molecule has 0 atom stereocenters. The zero-order valence-corrected chi connectivity index (χ0v) is 10.1. The van der Waals surface area contributed by atoms with Crippen molar-refractivity contribution in [1.82, 2.24) is 0 Å². The second-order valence-corrected chi connectivity index (χ2v) is 5.03. The first-order valence-corrected chi connectivity index (χ1v) is 6.05. The number of rotatable bonds is 5. The average Bonchev–Trinajstić information content (AvgIpc) is 2.96. The van der Waals surface area contributed by atoms with E-state index in [1.54, 1.807) is 0 Å². The summed E-state index contributed by atoms with van der Waals surface area (Å²) in [4.78, 5) is 0. The van der Waals surface area contributed by atoms with Gasteiger partial charge in [-0.1, -0.05) is 12.1 Å². The van der Waals surface area contributed by atoms with Gasteiger partial charge in [0, 0.05) is 0 Å². The molecule has 1 saturated carbocycles.